The molecule has 2 aromatic carbocycles. The van der Waals surface area contributed by atoms with Crippen LogP contribution < -0.4 is 15.8 Å². The molecule has 214 valence electrons. The number of para-hydroxylation sites is 1. The highest BCUT2D eigenvalue weighted by atomic mass is 19.4. The monoisotopic (exact) mass is 572 g/mol. The van der Waals surface area contributed by atoms with Gasteiger partial charge in [-0.1, -0.05) is 13.0 Å². The summed E-state index contributed by atoms with van der Waals surface area (Å²) in [6, 6.07) is 8.34. The number of nitrogens with one attached hydrogen (secondary N) is 1. The summed E-state index contributed by atoms with van der Waals surface area (Å²) in [5.41, 5.74) is -2.29. The lowest BCUT2D eigenvalue weighted by Crippen LogP contribution is -2.31. The minimum Gasteiger partial charge on any atom is -0.368 e. The summed E-state index contributed by atoms with van der Waals surface area (Å²) in [5, 5.41) is 6.64. The molecule has 2 aliphatic rings. The number of hydrogen-bond acceptors (Lipinski definition) is 5. The molecule has 0 radical (unpaired) electrons. The van der Waals surface area contributed by atoms with Gasteiger partial charge in [-0.25, -0.2) is 13.8 Å². The number of anilines is 2. The van der Waals surface area contributed by atoms with Crippen LogP contribution in [0, 0.1) is 17.6 Å². The number of benzene rings is 2. The zero-order valence-corrected chi connectivity index (χ0v) is 22.1. The summed E-state index contributed by atoms with van der Waals surface area (Å²) in [4.78, 5) is 32.2. The largest absolute Gasteiger partial charge is 0.401 e. The van der Waals surface area contributed by atoms with Crippen molar-refractivity contribution >= 4 is 28.3 Å². The smallest absolute Gasteiger partial charge is 0.368 e. The lowest BCUT2D eigenvalue weighted by atomic mass is 10.1. The summed E-state index contributed by atoms with van der Waals surface area (Å²) >= 11 is 0. The highest BCUT2D eigenvalue weighted by molar-refractivity contribution is 6.08. The van der Waals surface area contributed by atoms with Crippen molar-refractivity contribution in [2.45, 2.75) is 37.8 Å². The summed E-state index contributed by atoms with van der Waals surface area (Å²) in [7, 11) is 1.56. The zero-order valence-electron chi connectivity index (χ0n) is 22.1. The van der Waals surface area contributed by atoms with Crippen LogP contribution in [0.1, 0.15) is 42.5 Å². The van der Waals surface area contributed by atoms with Gasteiger partial charge in [0.15, 0.2) is 11.6 Å². The van der Waals surface area contributed by atoms with E-state index in [2.05, 4.69) is 22.3 Å². The molecule has 0 unspecified atom stereocenters. The van der Waals surface area contributed by atoms with Gasteiger partial charge in [0.25, 0.3) is 11.5 Å². The van der Waals surface area contributed by atoms with Crippen molar-refractivity contribution in [2.75, 3.05) is 23.3 Å². The Morgan fingerprint density at radius 1 is 1.05 bits per heavy atom. The molecule has 2 fully saturated rings. The van der Waals surface area contributed by atoms with Gasteiger partial charge in [0.05, 0.1) is 16.9 Å². The van der Waals surface area contributed by atoms with Crippen molar-refractivity contribution in [1.82, 2.24) is 19.3 Å². The van der Waals surface area contributed by atoms with E-state index in [1.54, 1.807) is 19.2 Å². The second-order valence-electron chi connectivity index (χ2n) is 10.7. The molecule has 8 nitrogen and oxygen atoms in total. The lowest BCUT2D eigenvalue weighted by molar-refractivity contribution is -0.162. The van der Waals surface area contributed by atoms with Crippen molar-refractivity contribution in [2.24, 2.45) is 13.0 Å². The van der Waals surface area contributed by atoms with Crippen LogP contribution in [0.15, 0.2) is 47.3 Å². The fraction of sp³-hybridized carbons (Fsp3) is 0.357. The molecule has 13 heteroatoms. The molecule has 1 N–H and O–H groups in total. The van der Waals surface area contributed by atoms with Crippen molar-refractivity contribution in [1.29, 1.82) is 0 Å². The van der Waals surface area contributed by atoms with Gasteiger partial charge in [-0.15, -0.1) is 0 Å². The third-order valence-corrected chi connectivity index (χ3v) is 7.92. The standard InChI is InChI=1S/C28H25F5N6O2/c1-15-10-13-38(14-15)24-18(6-8-20-22(24)35-26(37(20)2)27(11-12-27)28(31,32)33)34-25(41)19-7-9-21(40)39(36-19)23-16(29)4-3-5-17(23)30/h3-9,15H,10-14H2,1-2H3,(H,34,41)/t15-/m0/s1. The van der Waals surface area contributed by atoms with Gasteiger partial charge in [-0.2, -0.15) is 23.0 Å². The van der Waals surface area contributed by atoms with Crippen LogP contribution >= 0.6 is 0 Å². The minimum atomic E-state index is -4.45. The second kappa shape index (κ2) is 9.38. The first-order valence-corrected chi connectivity index (χ1v) is 13.1. The van der Waals surface area contributed by atoms with Gasteiger partial charge in [-0.3, -0.25) is 9.59 Å². The number of aromatic nitrogens is 4. The van der Waals surface area contributed by atoms with E-state index in [1.807, 2.05) is 4.90 Å². The van der Waals surface area contributed by atoms with Crippen LogP contribution in [0.4, 0.5) is 33.3 Å². The van der Waals surface area contributed by atoms with Crippen molar-refractivity contribution in [3.8, 4) is 5.69 Å². The number of fused-ring (bicyclic) bond motifs is 1. The third-order valence-electron chi connectivity index (χ3n) is 7.92. The van der Waals surface area contributed by atoms with Gasteiger partial charge in [0.2, 0.25) is 0 Å². The van der Waals surface area contributed by atoms with Gasteiger partial charge in [0, 0.05) is 26.2 Å². The van der Waals surface area contributed by atoms with Crippen LogP contribution in [-0.2, 0) is 12.5 Å². The average Bonchev–Trinajstić information content (AvgIpc) is 3.52. The van der Waals surface area contributed by atoms with Crippen LogP contribution in [0.25, 0.3) is 16.7 Å². The Morgan fingerprint density at radius 2 is 1.76 bits per heavy atom. The Morgan fingerprint density at radius 3 is 2.37 bits per heavy atom. The van der Waals surface area contributed by atoms with E-state index < -0.39 is 40.4 Å². The number of rotatable bonds is 5. The number of amides is 1. The molecular formula is C28H25F5N6O2. The molecule has 6 rings (SSSR count). The molecule has 1 amide bonds. The maximum absolute atomic E-state index is 14.4. The Balaban J connectivity index is 1.43. The van der Waals surface area contributed by atoms with Crippen LogP contribution in [0.3, 0.4) is 0 Å². The van der Waals surface area contributed by atoms with Gasteiger partial charge in [0.1, 0.15) is 28.1 Å². The number of hydrogen-bond donors (Lipinski definition) is 1. The van der Waals surface area contributed by atoms with Gasteiger partial charge < -0.3 is 14.8 Å². The first kappa shape index (κ1) is 26.9. The zero-order chi connectivity index (χ0) is 29.3. The second-order valence-corrected chi connectivity index (χ2v) is 10.7. The molecule has 4 aromatic rings. The number of halogens is 5. The van der Waals surface area contributed by atoms with E-state index in [9.17, 15) is 31.5 Å². The summed E-state index contributed by atoms with van der Waals surface area (Å²) in [6.07, 6.45) is -3.70. The molecule has 0 bridgehead atoms. The van der Waals surface area contributed by atoms with Crippen LogP contribution in [-0.4, -0.2) is 44.5 Å². The molecule has 2 aromatic heterocycles. The van der Waals surface area contributed by atoms with E-state index in [4.69, 9.17) is 0 Å². The van der Waals surface area contributed by atoms with E-state index >= 15 is 0 Å². The number of nitrogens with zero attached hydrogens (tertiary/aromatic N) is 5. The Bertz CT molecular complexity index is 1740. The fourth-order valence-corrected chi connectivity index (χ4v) is 5.56. The summed E-state index contributed by atoms with van der Waals surface area (Å²) in [6.45, 7) is 3.27. The van der Waals surface area contributed by atoms with E-state index in [-0.39, 0.29) is 30.0 Å². The number of alkyl halides is 3. The topological polar surface area (TPSA) is 85.1 Å². The van der Waals surface area contributed by atoms with E-state index in [0.717, 1.165) is 36.8 Å². The summed E-state index contributed by atoms with van der Waals surface area (Å²) in [5.74, 6) is -2.62. The van der Waals surface area contributed by atoms with Gasteiger partial charge in [-0.05, 0) is 55.5 Å². The highest BCUT2D eigenvalue weighted by Crippen LogP contribution is 2.59. The molecular weight excluding hydrogens is 547 g/mol. The minimum absolute atomic E-state index is 0.0443. The van der Waals surface area contributed by atoms with E-state index in [0.29, 0.717) is 40.4 Å². The normalized spacial score (nSPS) is 18.2. The molecule has 3 heterocycles. The number of aryl methyl sites for hydroxylation is 1. The predicted molar refractivity (Wildman–Crippen MR) is 141 cm³/mol. The maximum atomic E-state index is 14.4. The number of imidazole rings is 1. The predicted octanol–water partition coefficient (Wildman–Crippen LogP) is 5.09. The van der Waals surface area contributed by atoms with Crippen LogP contribution in [0.5, 0.6) is 0 Å². The molecule has 1 atom stereocenters. The Hall–Kier alpha value is -4.29. The Labute approximate surface area is 230 Å². The van der Waals surface area contributed by atoms with Gasteiger partial charge >= 0.3 is 6.18 Å². The quantitative estimate of drug-likeness (QED) is 0.337. The van der Waals surface area contributed by atoms with Crippen LogP contribution in [0.2, 0.25) is 0 Å². The Kier molecular flexibility index (Phi) is 6.16. The fourth-order valence-electron chi connectivity index (χ4n) is 5.56. The third kappa shape index (κ3) is 4.34. The van der Waals surface area contributed by atoms with Crippen molar-refractivity contribution in [3.05, 3.63) is 76.0 Å². The number of carbonyl (C=O) groups is 1. The molecule has 1 saturated carbocycles. The molecule has 41 heavy (non-hydrogen) atoms. The average molecular weight is 573 g/mol. The van der Waals surface area contributed by atoms with Crippen molar-refractivity contribution < 1.29 is 26.7 Å². The molecule has 1 saturated heterocycles. The molecule has 1 aliphatic carbocycles. The lowest BCUT2D eigenvalue weighted by Gasteiger charge is -2.22. The maximum Gasteiger partial charge on any atom is 0.401 e. The highest BCUT2D eigenvalue weighted by Gasteiger charge is 2.66. The number of carbonyl (C=O) groups excluding carboxylic acids is 1. The SMILES string of the molecule is C[C@H]1CCN(c2c(NC(=O)c3ccc(=O)n(-c4c(F)cccc4F)n3)ccc3c2nc(C2(C(F)(F)F)CC2)n3C)C1. The first-order chi connectivity index (χ1) is 19.4. The molecule has 0 spiro atoms. The van der Waals surface area contributed by atoms with E-state index in [1.165, 1.54) is 4.57 Å². The molecule has 1 aliphatic heterocycles. The first-order valence-electron chi connectivity index (χ1n) is 13.1. The van der Waals surface area contributed by atoms with Crippen molar-refractivity contribution in [3.63, 3.8) is 0 Å². The summed E-state index contributed by atoms with van der Waals surface area (Å²) < 4.78 is 72.7.